The lowest BCUT2D eigenvalue weighted by molar-refractivity contribution is -0.120. The van der Waals surface area contributed by atoms with Crippen LogP contribution in [0.3, 0.4) is 0 Å². The highest BCUT2D eigenvalue weighted by Gasteiger charge is 2.32. The molecule has 0 saturated carbocycles. The molecule has 0 bridgehead atoms. The predicted octanol–water partition coefficient (Wildman–Crippen LogP) is 3.26. The molecule has 2 aromatic carbocycles. The molecule has 1 amide bonds. The third-order valence-electron chi connectivity index (χ3n) is 5.78. The van der Waals surface area contributed by atoms with Crippen LogP contribution in [-0.4, -0.2) is 54.4 Å². The van der Waals surface area contributed by atoms with E-state index in [1.165, 1.54) is 28.6 Å². The van der Waals surface area contributed by atoms with Crippen molar-refractivity contribution in [3.63, 3.8) is 0 Å². The minimum absolute atomic E-state index is 0.0952. The Bertz CT molecular complexity index is 1310. The number of nitrogens with zero attached hydrogens (tertiary/aromatic N) is 3. The molecule has 1 fully saturated rings. The second-order valence-corrected chi connectivity index (χ2v) is 10.0. The average molecular weight is 499 g/mol. The zero-order valence-electron chi connectivity index (χ0n) is 19.4. The molecule has 1 aliphatic heterocycles. The summed E-state index contributed by atoms with van der Waals surface area (Å²) in [7, 11) is -3.74. The van der Waals surface area contributed by atoms with E-state index in [0.717, 1.165) is 0 Å². The number of aryl methyl sites for hydroxylation is 1. The van der Waals surface area contributed by atoms with E-state index in [-0.39, 0.29) is 42.0 Å². The summed E-state index contributed by atoms with van der Waals surface area (Å²) in [5, 5.41) is 6.85. The number of piperidine rings is 1. The SMILES string of the molecule is CCOC(=O)c1ccc(S(=O)(=O)N2CCC(C(=O)Nc3ccccc3-c3noc(C)n3)CC2)cc1. The number of sulfonamides is 1. The second-order valence-electron chi connectivity index (χ2n) is 8.10. The van der Waals surface area contributed by atoms with Gasteiger partial charge in [-0.25, -0.2) is 13.2 Å². The summed E-state index contributed by atoms with van der Waals surface area (Å²) in [4.78, 5) is 29.1. The highest BCUT2D eigenvalue weighted by Crippen LogP contribution is 2.28. The molecule has 10 nitrogen and oxygen atoms in total. The summed E-state index contributed by atoms with van der Waals surface area (Å²) < 4.78 is 37.4. The van der Waals surface area contributed by atoms with Crippen molar-refractivity contribution in [1.29, 1.82) is 0 Å². The van der Waals surface area contributed by atoms with Gasteiger partial charge in [0.15, 0.2) is 0 Å². The van der Waals surface area contributed by atoms with E-state index in [2.05, 4.69) is 15.5 Å². The van der Waals surface area contributed by atoms with Crippen LogP contribution in [0.5, 0.6) is 0 Å². The van der Waals surface area contributed by atoms with E-state index < -0.39 is 16.0 Å². The predicted molar refractivity (Wildman–Crippen MR) is 127 cm³/mol. The Morgan fingerprint density at radius 1 is 1.11 bits per heavy atom. The fourth-order valence-electron chi connectivity index (χ4n) is 3.92. The van der Waals surface area contributed by atoms with Gasteiger partial charge in [-0.2, -0.15) is 9.29 Å². The fraction of sp³-hybridized carbons (Fsp3) is 0.333. The molecule has 2 heterocycles. The minimum Gasteiger partial charge on any atom is -0.462 e. The van der Waals surface area contributed by atoms with Crippen LogP contribution in [0.15, 0.2) is 57.9 Å². The number of para-hydroxylation sites is 1. The van der Waals surface area contributed by atoms with Crippen LogP contribution in [0.4, 0.5) is 5.69 Å². The van der Waals surface area contributed by atoms with E-state index in [9.17, 15) is 18.0 Å². The average Bonchev–Trinajstić information content (AvgIpc) is 3.30. The summed E-state index contributed by atoms with van der Waals surface area (Å²) in [5.41, 5.74) is 1.50. The van der Waals surface area contributed by atoms with Crippen LogP contribution in [0, 0.1) is 12.8 Å². The Balaban J connectivity index is 1.39. The summed E-state index contributed by atoms with van der Waals surface area (Å²) in [6, 6.07) is 12.9. The molecule has 0 atom stereocenters. The third kappa shape index (κ3) is 5.41. The van der Waals surface area contributed by atoms with Crippen molar-refractivity contribution in [2.75, 3.05) is 25.0 Å². The summed E-state index contributed by atoms with van der Waals surface area (Å²) in [6.07, 6.45) is 0.769. The zero-order chi connectivity index (χ0) is 25.0. The van der Waals surface area contributed by atoms with E-state index in [1.54, 1.807) is 32.0 Å². The molecule has 11 heteroatoms. The van der Waals surface area contributed by atoms with E-state index >= 15 is 0 Å². The molecule has 0 unspecified atom stereocenters. The molecule has 4 rings (SSSR count). The Morgan fingerprint density at radius 3 is 2.43 bits per heavy atom. The quantitative estimate of drug-likeness (QED) is 0.491. The van der Waals surface area contributed by atoms with Crippen LogP contribution in [0.25, 0.3) is 11.4 Å². The fourth-order valence-corrected chi connectivity index (χ4v) is 5.39. The number of hydrogen-bond acceptors (Lipinski definition) is 8. The number of aromatic nitrogens is 2. The zero-order valence-corrected chi connectivity index (χ0v) is 20.2. The van der Waals surface area contributed by atoms with Gasteiger partial charge in [0, 0.05) is 31.5 Å². The van der Waals surface area contributed by atoms with Crippen LogP contribution < -0.4 is 5.32 Å². The molecule has 184 valence electrons. The van der Waals surface area contributed by atoms with Gasteiger partial charge in [-0.3, -0.25) is 4.79 Å². The Hall–Kier alpha value is -3.57. The second kappa shape index (κ2) is 10.4. The van der Waals surface area contributed by atoms with Crippen molar-refractivity contribution in [3.8, 4) is 11.4 Å². The Morgan fingerprint density at radius 2 is 1.80 bits per heavy atom. The molecule has 1 aromatic heterocycles. The number of esters is 1. The Labute approximate surface area is 203 Å². The normalized spacial score (nSPS) is 15.0. The molecule has 1 saturated heterocycles. The number of carbonyl (C=O) groups is 2. The van der Waals surface area contributed by atoms with Crippen molar-refractivity contribution < 1.29 is 27.3 Å². The van der Waals surface area contributed by atoms with Crippen molar-refractivity contribution in [3.05, 3.63) is 60.0 Å². The standard InChI is InChI=1S/C24H26N4O6S/c1-3-33-24(30)18-8-10-19(11-9-18)35(31,32)28-14-12-17(13-15-28)23(29)26-21-7-5-4-6-20(21)22-25-16(2)34-27-22/h4-11,17H,3,12-15H2,1-2H3,(H,26,29). The van der Waals surface area contributed by atoms with Crippen molar-refractivity contribution in [2.45, 2.75) is 31.6 Å². The van der Waals surface area contributed by atoms with Gasteiger partial charge in [0.25, 0.3) is 0 Å². The number of anilines is 1. The van der Waals surface area contributed by atoms with Gasteiger partial charge < -0.3 is 14.6 Å². The molecule has 0 spiro atoms. The molecule has 1 N–H and O–H groups in total. The van der Waals surface area contributed by atoms with E-state index in [4.69, 9.17) is 9.26 Å². The number of carbonyl (C=O) groups excluding carboxylic acids is 2. The highest BCUT2D eigenvalue weighted by molar-refractivity contribution is 7.89. The number of amides is 1. The van der Waals surface area contributed by atoms with Gasteiger partial charge in [-0.05, 0) is 56.2 Å². The van der Waals surface area contributed by atoms with E-state index in [0.29, 0.717) is 35.8 Å². The van der Waals surface area contributed by atoms with Crippen molar-refractivity contribution in [2.24, 2.45) is 5.92 Å². The summed E-state index contributed by atoms with van der Waals surface area (Å²) >= 11 is 0. The number of hydrogen-bond donors (Lipinski definition) is 1. The maximum Gasteiger partial charge on any atom is 0.338 e. The van der Waals surface area contributed by atoms with Crippen molar-refractivity contribution >= 4 is 27.6 Å². The first-order valence-corrected chi connectivity index (χ1v) is 12.7. The first kappa shape index (κ1) is 24.6. The lowest BCUT2D eigenvalue weighted by Crippen LogP contribution is -2.41. The smallest absolute Gasteiger partial charge is 0.338 e. The van der Waals surface area contributed by atoms with Gasteiger partial charge in [0.2, 0.25) is 27.6 Å². The largest absolute Gasteiger partial charge is 0.462 e. The number of rotatable bonds is 7. The maximum absolute atomic E-state index is 13.1. The van der Waals surface area contributed by atoms with E-state index in [1.807, 2.05) is 6.07 Å². The lowest BCUT2D eigenvalue weighted by atomic mass is 9.97. The summed E-state index contributed by atoms with van der Waals surface area (Å²) in [5.74, 6) is -0.223. The number of nitrogens with one attached hydrogen (secondary N) is 1. The van der Waals surface area contributed by atoms with Gasteiger partial charge >= 0.3 is 5.97 Å². The van der Waals surface area contributed by atoms with Gasteiger partial charge in [-0.1, -0.05) is 17.3 Å². The molecule has 35 heavy (non-hydrogen) atoms. The van der Waals surface area contributed by atoms with Gasteiger partial charge in [-0.15, -0.1) is 0 Å². The first-order chi connectivity index (χ1) is 16.8. The highest BCUT2D eigenvalue weighted by atomic mass is 32.2. The topological polar surface area (TPSA) is 132 Å². The van der Waals surface area contributed by atoms with Gasteiger partial charge in [0.1, 0.15) is 0 Å². The number of ether oxygens (including phenoxy) is 1. The van der Waals surface area contributed by atoms with Crippen LogP contribution in [-0.2, 0) is 19.6 Å². The molecule has 1 aliphatic rings. The maximum atomic E-state index is 13.1. The molecule has 3 aromatic rings. The Kier molecular flexibility index (Phi) is 7.27. The monoisotopic (exact) mass is 498 g/mol. The van der Waals surface area contributed by atoms with Crippen LogP contribution in [0.1, 0.15) is 36.0 Å². The van der Waals surface area contributed by atoms with Crippen molar-refractivity contribution in [1.82, 2.24) is 14.4 Å². The van der Waals surface area contributed by atoms with Crippen LogP contribution in [0.2, 0.25) is 0 Å². The summed E-state index contributed by atoms with van der Waals surface area (Å²) in [6.45, 7) is 4.06. The minimum atomic E-state index is -3.74. The first-order valence-electron chi connectivity index (χ1n) is 11.3. The lowest BCUT2D eigenvalue weighted by Gasteiger charge is -2.30. The van der Waals surface area contributed by atoms with Crippen LogP contribution >= 0.6 is 0 Å². The third-order valence-corrected chi connectivity index (χ3v) is 7.69. The number of benzene rings is 2. The molecule has 0 radical (unpaired) electrons. The molecular formula is C24H26N4O6S. The molecular weight excluding hydrogens is 472 g/mol. The molecule has 0 aliphatic carbocycles. The van der Waals surface area contributed by atoms with Gasteiger partial charge in [0.05, 0.1) is 22.8 Å².